The molecule has 0 aromatic carbocycles. The lowest BCUT2D eigenvalue weighted by Crippen LogP contribution is -2.43. The van der Waals surface area contributed by atoms with Crippen molar-refractivity contribution in [2.45, 2.75) is 205 Å². The summed E-state index contributed by atoms with van der Waals surface area (Å²) in [6, 6.07) is 0. The van der Waals surface area contributed by atoms with Gasteiger partial charge < -0.3 is 37.9 Å². The Hall–Kier alpha value is -4.24. The molecule has 4 aliphatic rings. The van der Waals surface area contributed by atoms with Crippen LogP contribution in [-0.2, 0) is 76.3 Å². The molecule has 0 aromatic heterocycles. The maximum Gasteiger partial charge on any atom is 0.313 e. The first kappa shape index (κ1) is 58.8. The fourth-order valence-electron chi connectivity index (χ4n) is 5.91. The van der Waals surface area contributed by atoms with E-state index in [1.54, 1.807) is 27.7 Å². The Morgan fingerprint density at radius 1 is 0.538 bits per heavy atom. The molecule has 0 saturated carbocycles. The van der Waals surface area contributed by atoms with Gasteiger partial charge in [-0.15, -0.1) is 0 Å². The van der Waals surface area contributed by atoms with Crippen LogP contribution >= 0.6 is 0 Å². The number of hydrogen-bond donors (Lipinski definition) is 0. The van der Waals surface area contributed by atoms with Crippen LogP contribution in [0.15, 0.2) is 0 Å². The highest BCUT2D eigenvalue weighted by Gasteiger charge is 2.46. The minimum atomic E-state index is -0.795. The molecule has 0 N–H and O–H groups in total. The highest BCUT2D eigenvalue weighted by molar-refractivity contribution is 5.80. The Morgan fingerprint density at radius 3 is 1.32 bits per heavy atom. The molecule has 0 aromatic rings. The van der Waals surface area contributed by atoms with Gasteiger partial charge in [-0.3, -0.25) is 38.4 Å². The number of ether oxygens (including phenoxy) is 8. The highest BCUT2D eigenvalue weighted by atomic mass is 16.6. The number of cyclic esters (lactones) is 4. The van der Waals surface area contributed by atoms with Crippen LogP contribution in [0.1, 0.15) is 182 Å². The van der Waals surface area contributed by atoms with Crippen molar-refractivity contribution < 1.29 is 76.3 Å². The monoisotopic (exact) mass is 927 g/mol. The summed E-state index contributed by atoms with van der Waals surface area (Å²) in [5, 5.41) is 0. The summed E-state index contributed by atoms with van der Waals surface area (Å²) in [5.41, 5.74) is -4.92. The molecule has 4 heterocycles. The van der Waals surface area contributed by atoms with E-state index < -0.39 is 44.1 Å². The number of rotatable bonds is 14. The lowest BCUT2D eigenvalue weighted by atomic mass is 9.87. The van der Waals surface area contributed by atoms with E-state index in [1.165, 1.54) is 0 Å². The lowest BCUT2D eigenvalue weighted by Gasteiger charge is -2.35. The van der Waals surface area contributed by atoms with E-state index in [4.69, 9.17) is 37.9 Å². The Balaban J connectivity index is 0.000000434. The van der Waals surface area contributed by atoms with E-state index >= 15 is 0 Å². The molecule has 0 aliphatic carbocycles. The molecule has 0 amide bonds. The zero-order chi connectivity index (χ0) is 50.6. The van der Waals surface area contributed by atoms with E-state index in [-0.39, 0.29) is 79.0 Å². The van der Waals surface area contributed by atoms with Crippen LogP contribution < -0.4 is 0 Å². The summed E-state index contributed by atoms with van der Waals surface area (Å²) in [4.78, 5) is 92.4. The van der Waals surface area contributed by atoms with Gasteiger partial charge in [-0.2, -0.15) is 0 Å². The molecule has 16 heteroatoms. The number of carbonyl (C=O) groups is 8. The summed E-state index contributed by atoms with van der Waals surface area (Å²) >= 11 is 0. The van der Waals surface area contributed by atoms with Crippen molar-refractivity contribution in [3.63, 3.8) is 0 Å². The quantitative estimate of drug-likeness (QED) is 0.118. The van der Waals surface area contributed by atoms with Gasteiger partial charge in [-0.05, 0) is 129 Å². The maximum absolute atomic E-state index is 12.0. The maximum atomic E-state index is 12.0. The molecule has 4 saturated heterocycles. The predicted octanol–water partition coefficient (Wildman–Crippen LogP) is 8.35. The molecular formula is C49H82O16. The van der Waals surface area contributed by atoms with E-state index in [2.05, 4.69) is 0 Å². The minimum absolute atomic E-state index is 0.0494. The first-order valence-corrected chi connectivity index (χ1v) is 23.0. The van der Waals surface area contributed by atoms with Gasteiger partial charge in [0.2, 0.25) is 0 Å². The normalized spacial score (nSPS) is 23.6. The predicted molar refractivity (Wildman–Crippen MR) is 240 cm³/mol. The Kier molecular flexibility index (Phi) is 20.8. The third-order valence-electron chi connectivity index (χ3n) is 13.2. The zero-order valence-corrected chi connectivity index (χ0v) is 42.9. The smallest absolute Gasteiger partial charge is 0.313 e. The van der Waals surface area contributed by atoms with Gasteiger partial charge in [-0.25, -0.2) is 0 Å². The Bertz CT molecular complexity index is 1700. The lowest BCUT2D eigenvalue weighted by molar-refractivity contribution is -0.182. The van der Waals surface area contributed by atoms with Crippen LogP contribution in [0.5, 0.6) is 0 Å². The summed E-state index contributed by atoms with van der Waals surface area (Å²) in [5.74, 6) is -2.47. The zero-order valence-electron chi connectivity index (χ0n) is 42.9. The van der Waals surface area contributed by atoms with Gasteiger partial charge in [-0.1, -0.05) is 27.7 Å². The minimum Gasteiger partial charge on any atom is -0.465 e. The molecule has 4 unspecified atom stereocenters. The van der Waals surface area contributed by atoms with Crippen LogP contribution in [0.2, 0.25) is 0 Å². The van der Waals surface area contributed by atoms with Crippen molar-refractivity contribution >= 4 is 47.8 Å². The highest BCUT2D eigenvalue weighted by Crippen LogP contribution is 2.36. The summed E-state index contributed by atoms with van der Waals surface area (Å²) in [6.07, 6.45) is 4.67. The van der Waals surface area contributed by atoms with Crippen molar-refractivity contribution in [3.8, 4) is 0 Å². The molecule has 65 heavy (non-hydrogen) atoms. The van der Waals surface area contributed by atoms with Crippen LogP contribution in [-0.4, -0.2) is 96.6 Å². The van der Waals surface area contributed by atoms with E-state index in [0.29, 0.717) is 58.3 Å². The third kappa shape index (κ3) is 17.8. The standard InChI is InChI=1S/2C13H22O4.C12H20O4.C11H18O4/c1-6-12(2,3)11(15)17-13(4,5)9-7-10(14)16-8-9;1-6-12(2,3)11(15)17-13(4,5)9-7-8-16-10(9)14;1-5-11(2,3)10(14)16-12(4)6-7-15-9(13)8-12;1-5-10(2,3)9(13)15-11(4)6-8(12)14-7-11/h2*9H,6-8H2,1-5H3;5-8H2,1-4H3;5-7H2,1-4H3. The molecule has 4 rings (SSSR count). The third-order valence-corrected chi connectivity index (χ3v) is 13.2. The molecular weight excluding hydrogens is 845 g/mol. The van der Waals surface area contributed by atoms with E-state index in [1.807, 2.05) is 96.9 Å². The summed E-state index contributed by atoms with van der Waals surface area (Å²) in [6.45, 7) is 34.5. The van der Waals surface area contributed by atoms with Gasteiger partial charge in [0.25, 0.3) is 0 Å². The largest absolute Gasteiger partial charge is 0.465 e. The van der Waals surface area contributed by atoms with Crippen LogP contribution in [0.3, 0.4) is 0 Å². The summed E-state index contributed by atoms with van der Waals surface area (Å²) < 4.78 is 41.3. The summed E-state index contributed by atoms with van der Waals surface area (Å²) in [7, 11) is 0. The fourth-order valence-corrected chi connectivity index (χ4v) is 5.91. The molecule has 374 valence electrons. The van der Waals surface area contributed by atoms with E-state index in [9.17, 15) is 38.4 Å². The number of hydrogen-bond acceptors (Lipinski definition) is 16. The number of carbonyl (C=O) groups excluding carboxylic acids is 8. The van der Waals surface area contributed by atoms with Crippen molar-refractivity contribution in [2.75, 3.05) is 26.4 Å². The molecule has 4 aliphatic heterocycles. The molecule has 4 fully saturated rings. The van der Waals surface area contributed by atoms with Crippen molar-refractivity contribution in [1.29, 1.82) is 0 Å². The van der Waals surface area contributed by atoms with Gasteiger partial charge >= 0.3 is 47.8 Å². The molecule has 4 atom stereocenters. The van der Waals surface area contributed by atoms with Crippen molar-refractivity contribution in [2.24, 2.45) is 33.5 Å². The average Bonchev–Trinajstić information content (AvgIpc) is 3.94. The Morgan fingerprint density at radius 2 is 0.954 bits per heavy atom. The van der Waals surface area contributed by atoms with Gasteiger partial charge in [0.1, 0.15) is 23.4 Å². The molecule has 0 spiro atoms. The van der Waals surface area contributed by atoms with Crippen LogP contribution in [0, 0.1) is 33.5 Å². The number of esters is 8. The fraction of sp³-hybridized carbons (Fsp3) is 0.837. The first-order valence-electron chi connectivity index (χ1n) is 23.0. The van der Waals surface area contributed by atoms with Crippen molar-refractivity contribution in [1.82, 2.24) is 0 Å². The van der Waals surface area contributed by atoms with E-state index in [0.717, 1.165) is 6.42 Å². The average molecular weight is 927 g/mol. The molecule has 0 radical (unpaired) electrons. The second-order valence-electron chi connectivity index (χ2n) is 21.7. The Labute approximate surface area is 387 Å². The van der Waals surface area contributed by atoms with Gasteiger partial charge in [0.15, 0.2) is 5.60 Å². The van der Waals surface area contributed by atoms with Crippen molar-refractivity contribution in [3.05, 3.63) is 0 Å². The second-order valence-corrected chi connectivity index (χ2v) is 21.7. The first-order chi connectivity index (χ1) is 29.5. The second kappa shape index (κ2) is 23.0. The van der Waals surface area contributed by atoms with Gasteiger partial charge in [0, 0.05) is 12.3 Å². The molecule has 16 nitrogen and oxygen atoms in total. The van der Waals surface area contributed by atoms with Crippen LogP contribution in [0.25, 0.3) is 0 Å². The topological polar surface area (TPSA) is 210 Å². The molecule has 0 bridgehead atoms. The SMILES string of the molecule is CCC(C)(C)C(=O)OC(C)(C)C1CCOC1=O.CCC(C)(C)C(=O)OC(C)(C)C1COC(=O)C1.CCC(C)(C)C(=O)OC1(C)CCOC(=O)C1.CCC(C)(C)C(=O)OC1(C)COC(=O)C1. The van der Waals surface area contributed by atoms with Crippen LogP contribution in [0.4, 0.5) is 0 Å². The van der Waals surface area contributed by atoms with Gasteiger partial charge in [0.05, 0.1) is 66.7 Å².